The van der Waals surface area contributed by atoms with Crippen molar-refractivity contribution in [3.8, 4) is 11.8 Å². The first kappa shape index (κ1) is 20.9. The highest BCUT2D eigenvalue weighted by Gasteiger charge is 2.23. The summed E-state index contributed by atoms with van der Waals surface area (Å²) in [6.45, 7) is 2.50. The van der Waals surface area contributed by atoms with Crippen LogP contribution >= 0.6 is 0 Å². The average Bonchev–Trinajstić information content (AvgIpc) is 3.07. The number of halogens is 1. The highest BCUT2D eigenvalue weighted by atomic mass is 19.1. The summed E-state index contributed by atoms with van der Waals surface area (Å²) in [5.74, 6) is 0.0779. The lowest BCUT2D eigenvalue weighted by molar-refractivity contribution is 0.181. The van der Waals surface area contributed by atoms with E-state index < -0.39 is 0 Å². The summed E-state index contributed by atoms with van der Waals surface area (Å²) in [5.41, 5.74) is 7.89. The number of methoxy groups -OCH3 is 1. The van der Waals surface area contributed by atoms with E-state index in [4.69, 9.17) is 14.5 Å². The maximum atomic E-state index is 13.9. The average molecular weight is 439 g/mol. The molecule has 0 spiro atoms. The first-order valence-corrected chi connectivity index (χ1v) is 10.7. The van der Waals surface area contributed by atoms with Gasteiger partial charge in [0.05, 0.1) is 24.1 Å². The van der Waals surface area contributed by atoms with Crippen LogP contribution in [-0.2, 0) is 24.4 Å². The van der Waals surface area contributed by atoms with Gasteiger partial charge in [-0.25, -0.2) is 9.37 Å². The van der Waals surface area contributed by atoms with E-state index in [2.05, 4.69) is 22.6 Å². The molecule has 2 aromatic carbocycles. The van der Waals surface area contributed by atoms with Crippen molar-refractivity contribution in [2.24, 2.45) is 0 Å². The van der Waals surface area contributed by atoms with E-state index in [9.17, 15) is 9.65 Å². The van der Waals surface area contributed by atoms with Crippen molar-refractivity contribution in [3.63, 3.8) is 0 Å². The molecule has 0 atom stereocenters. The Kier molecular flexibility index (Phi) is 5.41. The van der Waals surface area contributed by atoms with E-state index in [0.717, 1.165) is 44.9 Å². The number of ether oxygens (including phenoxy) is 2. The van der Waals surface area contributed by atoms with Gasteiger partial charge in [0, 0.05) is 42.5 Å². The molecule has 3 heterocycles. The molecule has 5 rings (SSSR count). The molecule has 1 aliphatic rings. The Morgan fingerprint density at radius 2 is 2.03 bits per heavy atom. The molecular weight excluding hydrogens is 417 g/mol. The normalized spacial score (nSPS) is 14.1. The Hall–Kier alpha value is -3.95. The van der Waals surface area contributed by atoms with Crippen LogP contribution in [0.4, 0.5) is 4.39 Å². The summed E-state index contributed by atoms with van der Waals surface area (Å²) in [6.07, 6.45) is 2.67. The predicted molar refractivity (Wildman–Crippen MR) is 123 cm³/mol. The van der Waals surface area contributed by atoms with Crippen molar-refractivity contribution in [3.05, 3.63) is 106 Å². The van der Waals surface area contributed by atoms with E-state index in [1.807, 2.05) is 30.5 Å². The Labute approximate surface area is 191 Å². The van der Waals surface area contributed by atoms with Crippen molar-refractivity contribution < 1.29 is 13.9 Å². The summed E-state index contributed by atoms with van der Waals surface area (Å²) in [7, 11) is 1.67. The first-order chi connectivity index (χ1) is 16.1. The predicted octanol–water partition coefficient (Wildman–Crippen LogP) is 5.45. The number of aromatic nitrogens is 2. The smallest absolute Gasteiger partial charge is 0.137 e. The van der Waals surface area contributed by atoms with Crippen molar-refractivity contribution in [2.75, 3.05) is 7.11 Å². The van der Waals surface area contributed by atoms with E-state index in [0.29, 0.717) is 31.0 Å². The molecule has 0 saturated carbocycles. The van der Waals surface area contributed by atoms with Gasteiger partial charge in [0.15, 0.2) is 0 Å². The number of benzene rings is 2. The Morgan fingerprint density at radius 1 is 1.18 bits per heavy atom. The molecule has 0 radical (unpaired) electrons. The SMILES string of the molecule is COCc1nc2ccccn2c1Cc1ccc2c(c1)COc1cc(F)ccc1C2=C(C)C#N. The summed E-state index contributed by atoms with van der Waals surface area (Å²) < 4.78 is 27.3. The number of allylic oxidation sites excluding steroid dienone is 1. The van der Waals surface area contributed by atoms with Gasteiger partial charge in [-0.15, -0.1) is 0 Å². The molecule has 0 amide bonds. The number of hydrogen-bond acceptors (Lipinski definition) is 4. The molecule has 0 N–H and O–H groups in total. The fourth-order valence-electron chi connectivity index (χ4n) is 4.43. The monoisotopic (exact) mass is 439 g/mol. The van der Waals surface area contributed by atoms with Crippen LogP contribution in [0.25, 0.3) is 11.2 Å². The third-order valence-corrected chi connectivity index (χ3v) is 5.94. The maximum absolute atomic E-state index is 13.9. The Balaban J connectivity index is 1.60. The molecule has 33 heavy (non-hydrogen) atoms. The third-order valence-electron chi connectivity index (χ3n) is 5.94. The van der Waals surface area contributed by atoms with Gasteiger partial charge in [0.1, 0.15) is 23.8 Å². The largest absolute Gasteiger partial charge is 0.488 e. The van der Waals surface area contributed by atoms with E-state index >= 15 is 0 Å². The van der Waals surface area contributed by atoms with Gasteiger partial charge in [-0.1, -0.05) is 24.3 Å². The molecule has 0 aliphatic carbocycles. The second kappa shape index (κ2) is 8.53. The highest BCUT2D eigenvalue weighted by Crippen LogP contribution is 2.39. The minimum absolute atomic E-state index is 0.292. The molecule has 0 fully saturated rings. The lowest BCUT2D eigenvalue weighted by Crippen LogP contribution is -2.02. The molecule has 1 aliphatic heterocycles. The Morgan fingerprint density at radius 3 is 2.85 bits per heavy atom. The van der Waals surface area contributed by atoms with Crippen LogP contribution in [0.1, 0.15) is 40.6 Å². The topological polar surface area (TPSA) is 59.6 Å². The van der Waals surface area contributed by atoms with Crippen LogP contribution in [0, 0.1) is 17.1 Å². The number of imidazole rings is 1. The standard InChI is InChI=1S/C27H22FN3O2/c1-17(14-29)27-21-8-6-18(11-19(21)15-33-25-13-20(28)7-9-22(25)27)12-24-23(16-32-2)30-26-5-3-4-10-31(24)26/h3-11,13H,12,15-16H2,1-2H3. The van der Waals surface area contributed by atoms with Crippen molar-refractivity contribution in [1.82, 2.24) is 9.38 Å². The molecular formula is C27H22FN3O2. The van der Waals surface area contributed by atoms with Crippen molar-refractivity contribution >= 4 is 11.2 Å². The van der Waals surface area contributed by atoms with Crippen LogP contribution in [0.3, 0.4) is 0 Å². The minimum atomic E-state index is -0.368. The minimum Gasteiger partial charge on any atom is -0.488 e. The van der Waals surface area contributed by atoms with Crippen LogP contribution in [-0.4, -0.2) is 16.5 Å². The number of fused-ring (bicyclic) bond motifs is 3. The number of pyridine rings is 1. The van der Waals surface area contributed by atoms with Gasteiger partial charge in [0.25, 0.3) is 0 Å². The fourth-order valence-corrected chi connectivity index (χ4v) is 4.43. The second-order valence-corrected chi connectivity index (χ2v) is 8.08. The molecule has 2 aromatic heterocycles. The molecule has 0 bridgehead atoms. The number of rotatable bonds is 4. The third kappa shape index (κ3) is 3.77. The molecule has 6 heteroatoms. The quantitative estimate of drug-likeness (QED) is 0.397. The number of nitrogens with zero attached hydrogens (tertiary/aromatic N) is 3. The maximum Gasteiger partial charge on any atom is 0.137 e. The van der Waals surface area contributed by atoms with Gasteiger partial charge >= 0.3 is 0 Å². The summed E-state index contributed by atoms with van der Waals surface area (Å²) in [5, 5.41) is 9.65. The zero-order valence-corrected chi connectivity index (χ0v) is 18.4. The lowest BCUT2D eigenvalue weighted by atomic mass is 9.89. The summed E-state index contributed by atoms with van der Waals surface area (Å²) in [6, 6.07) is 18.8. The highest BCUT2D eigenvalue weighted by molar-refractivity contribution is 5.88. The van der Waals surface area contributed by atoms with Gasteiger partial charge in [-0.3, -0.25) is 0 Å². The van der Waals surface area contributed by atoms with E-state index in [1.54, 1.807) is 20.1 Å². The summed E-state index contributed by atoms with van der Waals surface area (Å²) in [4.78, 5) is 4.72. The van der Waals surface area contributed by atoms with Crippen LogP contribution < -0.4 is 4.74 Å². The Bertz CT molecular complexity index is 1450. The van der Waals surface area contributed by atoms with Crippen molar-refractivity contribution in [2.45, 2.75) is 26.6 Å². The first-order valence-electron chi connectivity index (χ1n) is 10.7. The molecule has 0 saturated heterocycles. The number of hydrogen-bond donors (Lipinski definition) is 0. The van der Waals surface area contributed by atoms with E-state index in [-0.39, 0.29) is 5.82 Å². The van der Waals surface area contributed by atoms with Gasteiger partial charge in [-0.05, 0) is 47.9 Å². The van der Waals surface area contributed by atoms with Crippen LogP contribution in [0.5, 0.6) is 5.75 Å². The zero-order chi connectivity index (χ0) is 22.9. The van der Waals surface area contributed by atoms with Crippen LogP contribution in [0.15, 0.2) is 66.4 Å². The van der Waals surface area contributed by atoms with Gasteiger partial charge < -0.3 is 13.9 Å². The van der Waals surface area contributed by atoms with Gasteiger partial charge in [0.2, 0.25) is 0 Å². The number of nitriles is 1. The lowest BCUT2D eigenvalue weighted by Gasteiger charge is -2.13. The second-order valence-electron chi connectivity index (χ2n) is 8.08. The van der Waals surface area contributed by atoms with E-state index in [1.165, 1.54) is 12.1 Å². The molecule has 0 unspecified atom stereocenters. The van der Waals surface area contributed by atoms with Crippen LogP contribution in [0.2, 0.25) is 0 Å². The fraction of sp³-hybridized carbons (Fsp3) is 0.185. The summed E-state index contributed by atoms with van der Waals surface area (Å²) >= 11 is 0. The zero-order valence-electron chi connectivity index (χ0n) is 18.4. The van der Waals surface area contributed by atoms with Crippen molar-refractivity contribution in [1.29, 1.82) is 5.26 Å². The molecule has 5 nitrogen and oxygen atoms in total. The van der Waals surface area contributed by atoms with Gasteiger partial charge in [-0.2, -0.15) is 5.26 Å². The molecule has 164 valence electrons. The molecule has 4 aromatic rings.